The monoisotopic (exact) mass is 465 g/mol. The van der Waals surface area contributed by atoms with Gasteiger partial charge in [-0.05, 0) is 49.4 Å². The van der Waals surface area contributed by atoms with Crippen LogP contribution in [0.4, 0.5) is 5.69 Å². The normalized spacial score (nSPS) is 21.6. The molecule has 2 fully saturated rings. The lowest BCUT2D eigenvalue weighted by Gasteiger charge is -2.20. The van der Waals surface area contributed by atoms with Crippen molar-refractivity contribution < 1.29 is 28.6 Å². The topological polar surface area (TPSA) is 98.3 Å². The molecule has 2 amide bonds. The Morgan fingerprint density at radius 1 is 1.15 bits per heavy atom. The highest BCUT2D eigenvalue weighted by molar-refractivity contribution is 6.04. The van der Waals surface area contributed by atoms with Gasteiger partial charge in [-0.15, -0.1) is 0 Å². The molecule has 5 rings (SSSR count). The summed E-state index contributed by atoms with van der Waals surface area (Å²) in [7, 11) is 1.30. The summed E-state index contributed by atoms with van der Waals surface area (Å²) >= 11 is 0. The van der Waals surface area contributed by atoms with E-state index in [0.29, 0.717) is 48.4 Å². The summed E-state index contributed by atoms with van der Waals surface area (Å²) in [5, 5.41) is 0. The number of ether oxygens (including phenoxy) is 3. The first kappa shape index (κ1) is 22.2. The van der Waals surface area contributed by atoms with Crippen molar-refractivity contribution in [1.82, 2.24) is 9.88 Å². The molecule has 9 heteroatoms. The minimum atomic E-state index is -0.626. The Labute approximate surface area is 197 Å². The van der Waals surface area contributed by atoms with Crippen molar-refractivity contribution in [3.63, 3.8) is 0 Å². The van der Waals surface area contributed by atoms with Gasteiger partial charge in [-0.3, -0.25) is 14.4 Å². The largest absolute Gasteiger partial charge is 0.479 e. The molecule has 178 valence electrons. The Bertz CT molecular complexity index is 1110. The maximum Gasteiger partial charge on any atom is 0.325 e. The van der Waals surface area contributed by atoms with Crippen molar-refractivity contribution in [3.05, 3.63) is 47.7 Å². The van der Waals surface area contributed by atoms with Crippen LogP contribution in [0.1, 0.15) is 48.1 Å². The zero-order chi connectivity index (χ0) is 23.8. The number of pyridine rings is 1. The second-order valence-corrected chi connectivity index (χ2v) is 8.93. The van der Waals surface area contributed by atoms with Crippen LogP contribution in [0.3, 0.4) is 0 Å². The summed E-state index contributed by atoms with van der Waals surface area (Å²) in [6, 6.07) is 8.66. The van der Waals surface area contributed by atoms with Crippen LogP contribution in [0.5, 0.6) is 11.6 Å². The van der Waals surface area contributed by atoms with Crippen molar-refractivity contribution in [2.24, 2.45) is 5.92 Å². The summed E-state index contributed by atoms with van der Waals surface area (Å²) in [4.78, 5) is 45.0. The molecule has 0 radical (unpaired) electrons. The highest BCUT2D eigenvalue weighted by atomic mass is 16.5. The van der Waals surface area contributed by atoms with E-state index in [1.807, 2.05) is 19.1 Å². The third kappa shape index (κ3) is 4.30. The number of carbonyl (C=O) groups excluding carboxylic acids is 3. The van der Waals surface area contributed by atoms with E-state index in [-0.39, 0.29) is 24.4 Å². The number of aromatic nitrogens is 1. The number of anilines is 1. The molecule has 0 bridgehead atoms. The van der Waals surface area contributed by atoms with Crippen molar-refractivity contribution in [2.45, 2.75) is 38.3 Å². The predicted molar refractivity (Wildman–Crippen MR) is 122 cm³/mol. The first-order valence-corrected chi connectivity index (χ1v) is 11.5. The van der Waals surface area contributed by atoms with Gasteiger partial charge in [0.2, 0.25) is 5.88 Å². The molecule has 34 heavy (non-hydrogen) atoms. The van der Waals surface area contributed by atoms with Gasteiger partial charge in [0.15, 0.2) is 6.10 Å². The van der Waals surface area contributed by atoms with E-state index in [4.69, 9.17) is 14.2 Å². The summed E-state index contributed by atoms with van der Waals surface area (Å²) in [5.41, 5.74) is 1.96. The van der Waals surface area contributed by atoms with Gasteiger partial charge in [-0.2, -0.15) is 0 Å². The van der Waals surface area contributed by atoms with Crippen LogP contribution in [-0.4, -0.2) is 60.6 Å². The average molecular weight is 466 g/mol. The molecule has 1 aromatic carbocycles. The highest BCUT2D eigenvalue weighted by Gasteiger charge is 2.38. The minimum absolute atomic E-state index is 0.114. The molecule has 9 nitrogen and oxygen atoms in total. The number of hydrogen-bond acceptors (Lipinski definition) is 7. The average Bonchev–Trinajstić information content (AvgIpc) is 3.58. The van der Waals surface area contributed by atoms with Crippen molar-refractivity contribution in [3.8, 4) is 11.6 Å². The molecule has 3 aliphatic rings. The van der Waals surface area contributed by atoms with E-state index in [1.54, 1.807) is 29.3 Å². The number of nitrogens with zero attached hydrogens (tertiary/aromatic N) is 3. The minimum Gasteiger partial charge on any atom is -0.479 e. The Hall–Kier alpha value is -3.62. The molecule has 0 N–H and O–H groups in total. The number of esters is 1. The van der Waals surface area contributed by atoms with Crippen molar-refractivity contribution in [1.29, 1.82) is 0 Å². The molecule has 2 atom stereocenters. The number of amides is 2. The SMILES string of the molecule is COC(=O)CN1C(=O)c2cc(N3CC[C@@H](Oc4ccc(OCC5CC5)nc4)C3=O)ccc2C1C. The van der Waals surface area contributed by atoms with Crippen LogP contribution in [0, 0.1) is 5.92 Å². The van der Waals surface area contributed by atoms with E-state index in [9.17, 15) is 14.4 Å². The van der Waals surface area contributed by atoms with Crippen LogP contribution < -0.4 is 14.4 Å². The lowest BCUT2D eigenvalue weighted by Crippen LogP contribution is -2.33. The van der Waals surface area contributed by atoms with Gasteiger partial charge in [0.1, 0.15) is 12.3 Å². The summed E-state index contributed by atoms with van der Waals surface area (Å²) in [6.07, 6.45) is 3.90. The Kier molecular flexibility index (Phi) is 5.85. The van der Waals surface area contributed by atoms with Crippen LogP contribution in [0.2, 0.25) is 0 Å². The van der Waals surface area contributed by atoms with Gasteiger partial charge in [0.25, 0.3) is 11.8 Å². The third-order valence-electron chi connectivity index (χ3n) is 6.59. The standard InChI is InChI=1S/C25H27N3O6/c1-15-19-7-5-17(11-20(19)24(30)28(15)13-23(29)32-2)27-10-9-21(25(27)31)34-18-6-8-22(26-12-18)33-14-16-3-4-16/h5-8,11-12,15-16,21H,3-4,9-10,13-14H2,1-2H3/t15?,21-/m1/s1. The molecule has 3 heterocycles. The predicted octanol–water partition coefficient (Wildman–Crippen LogP) is 2.74. The second-order valence-electron chi connectivity index (χ2n) is 8.93. The third-order valence-corrected chi connectivity index (χ3v) is 6.59. The van der Waals surface area contributed by atoms with Gasteiger partial charge >= 0.3 is 5.97 Å². The maximum atomic E-state index is 13.1. The molecular weight excluding hydrogens is 438 g/mol. The smallest absolute Gasteiger partial charge is 0.325 e. The van der Waals surface area contributed by atoms with E-state index < -0.39 is 12.1 Å². The highest BCUT2D eigenvalue weighted by Crippen LogP contribution is 2.36. The summed E-state index contributed by atoms with van der Waals surface area (Å²) in [6.45, 7) is 2.92. The molecule has 0 spiro atoms. The number of carbonyl (C=O) groups is 3. The van der Waals surface area contributed by atoms with Crippen LogP contribution in [0.15, 0.2) is 36.5 Å². The maximum absolute atomic E-state index is 13.1. The zero-order valence-corrected chi connectivity index (χ0v) is 19.2. The summed E-state index contributed by atoms with van der Waals surface area (Å²) < 4.78 is 16.2. The van der Waals surface area contributed by atoms with Gasteiger partial charge in [0, 0.05) is 30.3 Å². The molecule has 1 unspecified atom stereocenters. The molecule has 1 aliphatic carbocycles. The first-order chi connectivity index (χ1) is 16.4. The zero-order valence-electron chi connectivity index (χ0n) is 19.2. The fourth-order valence-corrected chi connectivity index (χ4v) is 4.37. The number of rotatable bonds is 8. The van der Waals surface area contributed by atoms with Gasteiger partial charge in [-0.1, -0.05) is 6.07 Å². The quantitative estimate of drug-likeness (QED) is 0.553. The Morgan fingerprint density at radius 2 is 1.97 bits per heavy atom. The van der Waals surface area contributed by atoms with Crippen LogP contribution in [-0.2, 0) is 14.3 Å². The fourth-order valence-electron chi connectivity index (χ4n) is 4.37. The van der Waals surface area contributed by atoms with Gasteiger partial charge in [0.05, 0.1) is 26.0 Å². The Balaban J connectivity index is 1.24. The van der Waals surface area contributed by atoms with Gasteiger partial charge in [-0.25, -0.2) is 4.98 Å². The lowest BCUT2D eigenvalue weighted by atomic mass is 10.0. The number of methoxy groups -OCH3 is 1. The molecular formula is C25H27N3O6. The molecule has 1 saturated heterocycles. The van der Waals surface area contributed by atoms with Crippen molar-refractivity contribution >= 4 is 23.5 Å². The Morgan fingerprint density at radius 3 is 2.68 bits per heavy atom. The van der Waals surface area contributed by atoms with E-state index in [0.717, 1.165) is 5.56 Å². The van der Waals surface area contributed by atoms with Gasteiger partial charge < -0.3 is 24.0 Å². The number of hydrogen-bond donors (Lipinski definition) is 0. The van der Waals surface area contributed by atoms with Crippen molar-refractivity contribution in [2.75, 3.05) is 31.7 Å². The van der Waals surface area contributed by atoms with E-state index >= 15 is 0 Å². The van der Waals surface area contributed by atoms with Crippen LogP contribution in [0.25, 0.3) is 0 Å². The van der Waals surface area contributed by atoms with Crippen LogP contribution >= 0.6 is 0 Å². The van der Waals surface area contributed by atoms with E-state index in [1.165, 1.54) is 24.9 Å². The lowest BCUT2D eigenvalue weighted by molar-refractivity contribution is -0.141. The summed E-state index contributed by atoms with van der Waals surface area (Å²) in [5.74, 6) is 0.823. The number of benzene rings is 1. The molecule has 1 aromatic heterocycles. The molecule has 1 saturated carbocycles. The second kappa shape index (κ2) is 8.96. The first-order valence-electron chi connectivity index (χ1n) is 11.5. The number of fused-ring (bicyclic) bond motifs is 1. The molecule has 2 aromatic rings. The molecule has 2 aliphatic heterocycles. The van der Waals surface area contributed by atoms with E-state index in [2.05, 4.69) is 4.98 Å². The fraction of sp³-hybridized carbons (Fsp3) is 0.440.